The highest BCUT2D eigenvalue weighted by Crippen LogP contribution is 2.29. The van der Waals surface area contributed by atoms with Gasteiger partial charge in [-0.05, 0) is 25.0 Å². The lowest BCUT2D eigenvalue weighted by Gasteiger charge is -2.14. The maximum atomic E-state index is 6.23. The summed E-state index contributed by atoms with van der Waals surface area (Å²) in [6.45, 7) is 7.31. The molecule has 98 valence electrons. The van der Waals surface area contributed by atoms with Crippen LogP contribution in [0.1, 0.15) is 38.4 Å². The van der Waals surface area contributed by atoms with Crippen molar-refractivity contribution < 1.29 is 0 Å². The molecule has 2 rings (SSSR count). The number of imidazole rings is 1. The molecular weight excluding hydrogens is 267 g/mol. The fourth-order valence-corrected chi connectivity index (χ4v) is 2.45. The molecule has 2 aromatic rings. The van der Waals surface area contributed by atoms with E-state index < -0.39 is 0 Å². The lowest BCUT2D eigenvalue weighted by molar-refractivity contribution is 0.465. The second-order valence-electron chi connectivity index (χ2n) is 4.82. The first-order valence-electron chi connectivity index (χ1n) is 6.33. The van der Waals surface area contributed by atoms with Crippen LogP contribution >= 0.6 is 23.2 Å². The molecule has 1 aromatic heterocycles. The number of halogens is 2. The second kappa shape index (κ2) is 5.50. The summed E-state index contributed by atoms with van der Waals surface area (Å²) in [5.74, 6) is 1.50. The van der Waals surface area contributed by atoms with Crippen molar-refractivity contribution in [2.45, 2.75) is 39.1 Å². The smallest absolute Gasteiger partial charge is 0.127 e. The van der Waals surface area contributed by atoms with Crippen LogP contribution in [0.4, 0.5) is 0 Å². The van der Waals surface area contributed by atoms with Gasteiger partial charge in [-0.3, -0.25) is 0 Å². The summed E-state index contributed by atoms with van der Waals surface area (Å²) >= 11 is 12.4. The standard InChI is InChI=1S/C14H18Cl2N2/c1-4-9(2)8-18-12-7-5-6-11(16)13(12)17-14(18)10(3)15/h5-7,9-10H,4,8H2,1-3H3. The molecule has 0 bridgehead atoms. The zero-order valence-electron chi connectivity index (χ0n) is 11.0. The quantitative estimate of drug-likeness (QED) is 0.720. The van der Waals surface area contributed by atoms with E-state index in [1.54, 1.807) is 0 Å². The zero-order chi connectivity index (χ0) is 13.3. The van der Waals surface area contributed by atoms with E-state index >= 15 is 0 Å². The monoisotopic (exact) mass is 284 g/mol. The number of alkyl halides is 1. The van der Waals surface area contributed by atoms with Crippen LogP contribution in [0.25, 0.3) is 11.0 Å². The van der Waals surface area contributed by atoms with Crippen molar-refractivity contribution in [3.8, 4) is 0 Å². The van der Waals surface area contributed by atoms with E-state index in [9.17, 15) is 0 Å². The Morgan fingerprint density at radius 2 is 2.06 bits per heavy atom. The predicted molar refractivity (Wildman–Crippen MR) is 78.5 cm³/mol. The van der Waals surface area contributed by atoms with Gasteiger partial charge in [0.25, 0.3) is 0 Å². The van der Waals surface area contributed by atoms with Gasteiger partial charge in [0.2, 0.25) is 0 Å². The largest absolute Gasteiger partial charge is 0.326 e. The third kappa shape index (κ3) is 2.50. The lowest BCUT2D eigenvalue weighted by Crippen LogP contribution is -2.10. The zero-order valence-corrected chi connectivity index (χ0v) is 12.5. The van der Waals surface area contributed by atoms with Crippen molar-refractivity contribution in [3.05, 3.63) is 29.0 Å². The topological polar surface area (TPSA) is 17.8 Å². The average molecular weight is 285 g/mol. The molecule has 4 heteroatoms. The van der Waals surface area contributed by atoms with Crippen LogP contribution in [0.2, 0.25) is 5.02 Å². The Balaban J connectivity index is 2.59. The van der Waals surface area contributed by atoms with Gasteiger partial charge in [-0.15, -0.1) is 11.6 Å². The normalized spacial score (nSPS) is 14.9. The van der Waals surface area contributed by atoms with E-state index in [0.717, 1.165) is 29.8 Å². The summed E-state index contributed by atoms with van der Waals surface area (Å²) in [6, 6.07) is 5.88. The Morgan fingerprint density at radius 3 is 2.67 bits per heavy atom. The summed E-state index contributed by atoms with van der Waals surface area (Å²) in [5, 5.41) is 0.575. The number of benzene rings is 1. The van der Waals surface area contributed by atoms with Crippen molar-refractivity contribution in [3.63, 3.8) is 0 Å². The van der Waals surface area contributed by atoms with Crippen LogP contribution in [0.5, 0.6) is 0 Å². The Morgan fingerprint density at radius 1 is 1.33 bits per heavy atom. The molecule has 0 radical (unpaired) electrons. The van der Waals surface area contributed by atoms with E-state index in [-0.39, 0.29) is 5.38 Å². The van der Waals surface area contributed by atoms with Crippen LogP contribution in [0.3, 0.4) is 0 Å². The van der Waals surface area contributed by atoms with Gasteiger partial charge < -0.3 is 4.57 Å². The molecule has 18 heavy (non-hydrogen) atoms. The highest BCUT2D eigenvalue weighted by Gasteiger charge is 2.17. The number of fused-ring (bicyclic) bond motifs is 1. The van der Waals surface area contributed by atoms with Gasteiger partial charge in [0.15, 0.2) is 0 Å². The summed E-state index contributed by atoms with van der Waals surface area (Å²) in [4.78, 5) is 4.60. The SMILES string of the molecule is CCC(C)Cn1c(C(C)Cl)nc2c(Cl)cccc21. The van der Waals surface area contributed by atoms with E-state index in [1.807, 2.05) is 19.1 Å². The minimum Gasteiger partial charge on any atom is -0.326 e. The fourth-order valence-electron chi connectivity index (χ4n) is 2.07. The number of aromatic nitrogens is 2. The number of hydrogen-bond donors (Lipinski definition) is 0. The van der Waals surface area contributed by atoms with Crippen molar-refractivity contribution >= 4 is 34.2 Å². The number of rotatable bonds is 4. The third-order valence-electron chi connectivity index (χ3n) is 3.31. The van der Waals surface area contributed by atoms with Crippen LogP contribution in [-0.4, -0.2) is 9.55 Å². The van der Waals surface area contributed by atoms with Crippen molar-refractivity contribution in [2.24, 2.45) is 5.92 Å². The Labute approximate surface area is 118 Å². The first-order chi connectivity index (χ1) is 8.54. The molecule has 0 amide bonds. The number of nitrogens with zero attached hydrogens (tertiary/aromatic N) is 2. The molecule has 1 aromatic carbocycles. The maximum absolute atomic E-state index is 6.23. The summed E-state index contributed by atoms with van der Waals surface area (Å²) in [6.07, 6.45) is 1.14. The van der Waals surface area contributed by atoms with Gasteiger partial charge in [0.1, 0.15) is 11.3 Å². The van der Waals surface area contributed by atoms with Crippen LogP contribution in [0.15, 0.2) is 18.2 Å². The van der Waals surface area contributed by atoms with E-state index in [2.05, 4.69) is 29.5 Å². The predicted octanol–water partition coefficient (Wildman–Crippen LogP) is 5.04. The molecule has 0 saturated heterocycles. The molecule has 1 heterocycles. The van der Waals surface area contributed by atoms with E-state index in [0.29, 0.717) is 10.9 Å². The molecule has 0 N–H and O–H groups in total. The average Bonchev–Trinajstić information content (AvgIpc) is 2.70. The Kier molecular flexibility index (Phi) is 4.18. The molecule has 0 spiro atoms. The molecule has 2 atom stereocenters. The minimum atomic E-state index is -0.113. The second-order valence-corrected chi connectivity index (χ2v) is 5.88. The molecule has 0 fully saturated rings. The molecular formula is C14H18Cl2N2. The third-order valence-corrected chi connectivity index (χ3v) is 3.81. The summed E-state index contributed by atoms with van der Waals surface area (Å²) in [5.41, 5.74) is 1.93. The molecule has 0 saturated carbocycles. The van der Waals surface area contributed by atoms with Gasteiger partial charge in [0.05, 0.1) is 15.9 Å². The van der Waals surface area contributed by atoms with E-state index in [1.165, 1.54) is 0 Å². The van der Waals surface area contributed by atoms with Crippen LogP contribution in [0, 0.1) is 5.92 Å². The van der Waals surface area contributed by atoms with Gasteiger partial charge in [-0.25, -0.2) is 4.98 Å². The van der Waals surface area contributed by atoms with Crippen LogP contribution < -0.4 is 0 Å². The Hall–Kier alpha value is -0.730. The van der Waals surface area contributed by atoms with Crippen molar-refractivity contribution in [1.29, 1.82) is 0 Å². The van der Waals surface area contributed by atoms with Crippen molar-refractivity contribution in [1.82, 2.24) is 9.55 Å². The summed E-state index contributed by atoms with van der Waals surface area (Å²) < 4.78 is 2.20. The molecule has 0 aliphatic heterocycles. The number of hydrogen-bond acceptors (Lipinski definition) is 1. The first-order valence-corrected chi connectivity index (χ1v) is 7.14. The minimum absolute atomic E-state index is 0.113. The lowest BCUT2D eigenvalue weighted by atomic mass is 10.1. The van der Waals surface area contributed by atoms with Gasteiger partial charge in [0, 0.05) is 6.54 Å². The number of para-hydroxylation sites is 1. The highest BCUT2D eigenvalue weighted by molar-refractivity contribution is 6.35. The first kappa shape index (κ1) is 13.7. The molecule has 0 aliphatic carbocycles. The van der Waals surface area contributed by atoms with Gasteiger partial charge in [-0.2, -0.15) is 0 Å². The van der Waals surface area contributed by atoms with Crippen LogP contribution in [-0.2, 0) is 6.54 Å². The fraction of sp³-hybridized carbons (Fsp3) is 0.500. The Bertz CT molecular complexity index is 546. The van der Waals surface area contributed by atoms with Gasteiger partial charge in [-0.1, -0.05) is 37.9 Å². The summed E-state index contributed by atoms with van der Waals surface area (Å²) in [7, 11) is 0. The maximum Gasteiger partial charge on any atom is 0.127 e. The van der Waals surface area contributed by atoms with E-state index in [4.69, 9.17) is 23.2 Å². The van der Waals surface area contributed by atoms with Gasteiger partial charge >= 0.3 is 0 Å². The molecule has 2 nitrogen and oxygen atoms in total. The molecule has 0 aliphatic rings. The van der Waals surface area contributed by atoms with Crippen molar-refractivity contribution in [2.75, 3.05) is 0 Å². The highest BCUT2D eigenvalue weighted by atomic mass is 35.5. The molecule has 2 unspecified atom stereocenters.